The van der Waals surface area contributed by atoms with E-state index in [9.17, 15) is 4.79 Å². The molecule has 0 bridgehead atoms. The third kappa shape index (κ3) is 2.15. The molecule has 0 radical (unpaired) electrons. The van der Waals surface area contributed by atoms with Crippen molar-refractivity contribution in [3.05, 3.63) is 60.4 Å². The molecule has 0 unspecified atom stereocenters. The van der Waals surface area contributed by atoms with Gasteiger partial charge in [-0.3, -0.25) is 10.0 Å². The molecule has 0 fully saturated rings. The average molecular weight is 267 g/mol. The van der Waals surface area contributed by atoms with E-state index in [1.807, 2.05) is 59.1 Å². The Morgan fingerprint density at radius 3 is 2.65 bits per heavy atom. The van der Waals surface area contributed by atoms with E-state index >= 15 is 0 Å². The maximum Gasteiger partial charge on any atom is 0.249 e. The molecule has 0 aliphatic heterocycles. The fourth-order valence-corrected chi connectivity index (χ4v) is 2.23. The maximum absolute atomic E-state index is 11.5. The van der Waals surface area contributed by atoms with E-state index in [1.54, 1.807) is 5.48 Å². The van der Waals surface area contributed by atoms with Crippen LogP contribution in [0.25, 0.3) is 16.9 Å². The lowest BCUT2D eigenvalue weighted by Gasteiger charge is -2.04. The van der Waals surface area contributed by atoms with Gasteiger partial charge in [0.05, 0.1) is 17.8 Å². The average Bonchev–Trinajstić information content (AvgIpc) is 2.87. The van der Waals surface area contributed by atoms with Crippen molar-refractivity contribution < 1.29 is 10.0 Å². The molecule has 0 saturated heterocycles. The van der Waals surface area contributed by atoms with Crippen molar-refractivity contribution >= 4 is 11.6 Å². The standard InChI is InChI=1S/C15H13N3O2/c19-14(17-20)10-12-15(11-6-2-1-3-7-11)16-13-8-4-5-9-18(12)13/h1-9,20H,10H2,(H,17,19). The van der Waals surface area contributed by atoms with Crippen LogP contribution >= 0.6 is 0 Å². The van der Waals surface area contributed by atoms with Crippen molar-refractivity contribution in [2.75, 3.05) is 0 Å². The van der Waals surface area contributed by atoms with Gasteiger partial charge in [-0.2, -0.15) is 0 Å². The van der Waals surface area contributed by atoms with E-state index in [4.69, 9.17) is 5.21 Å². The van der Waals surface area contributed by atoms with Gasteiger partial charge in [0.2, 0.25) is 5.91 Å². The number of amides is 1. The van der Waals surface area contributed by atoms with Crippen LogP contribution < -0.4 is 5.48 Å². The molecular weight excluding hydrogens is 254 g/mol. The molecule has 0 atom stereocenters. The summed E-state index contributed by atoms with van der Waals surface area (Å²) in [5.41, 5.74) is 4.88. The van der Waals surface area contributed by atoms with Crippen LogP contribution in [0.1, 0.15) is 5.69 Å². The van der Waals surface area contributed by atoms with Gasteiger partial charge in [0.25, 0.3) is 0 Å². The summed E-state index contributed by atoms with van der Waals surface area (Å²) in [5, 5.41) is 8.74. The predicted octanol–water partition coefficient (Wildman–Crippen LogP) is 2.05. The number of rotatable bonds is 3. The smallest absolute Gasteiger partial charge is 0.249 e. The Kier molecular flexibility index (Phi) is 3.18. The number of nitrogens with zero attached hydrogens (tertiary/aromatic N) is 2. The minimum absolute atomic E-state index is 0.0614. The molecule has 2 aromatic heterocycles. The van der Waals surface area contributed by atoms with Crippen LogP contribution in [-0.4, -0.2) is 20.5 Å². The summed E-state index contributed by atoms with van der Waals surface area (Å²) in [6.45, 7) is 0. The molecule has 0 spiro atoms. The molecule has 0 saturated carbocycles. The Hall–Kier alpha value is -2.66. The molecule has 20 heavy (non-hydrogen) atoms. The number of nitrogens with one attached hydrogen (secondary N) is 1. The number of benzene rings is 1. The molecule has 100 valence electrons. The Balaban J connectivity index is 2.20. The highest BCUT2D eigenvalue weighted by atomic mass is 16.5. The van der Waals surface area contributed by atoms with Crippen molar-refractivity contribution in [1.82, 2.24) is 14.9 Å². The van der Waals surface area contributed by atoms with Gasteiger partial charge in [-0.25, -0.2) is 10.5 Å². The van der Waals surface area contributed by atoms with Crippen molar-refractivity contribution in [2.45, 2.75) is 6.42 Å². The summed E-state index contributed by atoms with van der Waals surface area (Å²) in [6.07, 6.45) is 1.92. The van der Waals surface area contributed by atoms with Crippen molar-refractivity contribution in [2.24, 2.45) is 0 Å². The predicted molar refractivity (Wildman–Crippen MR) is 74.3 cm³/mol. The fourth-order valence-electron chi connectivity index (χ4n) is 2.23. The molecule has 0 aliphatic carbocycles. The van der Waals surface area contributed by atoms with Gasteiger partial charge in [-0.15, -0.1) is 0 Å². The number of carbonyl (C=O) groups excluding carboxylic acids is 1. The van der Waals surface area contributed by atoms with Gasteiger partial charge in [-0.05, 0) is 12.1 Å². The molecule has 1 aromatic carbocycles. The van der Waals surface area contributed by atoms with Gasteiger partial charge >= 0.3 is 0 Å². The zero-order chi connectivity index (χ0) is 13.9. The fraction of sp³-hybridized carbons (Fsp3) is 0.0667. The monoisotopic (exact) mass is 267 g/mol. The lowest BCUT2D eigenvalue weighted by Crippen LogP contribution is -2.21. The highest BCUT2D eigenvalue weighted by Crippen LogP contribution is 2.24. The minimum atomic E-state index is -0.465. The van der Waals surface area contributed by atoms with Gasteiger partial charge < -0.3 is 4.40 Å². The number of carbonyl (C=O) groups is 1. The number of pyridine rings is 1. The van der Waals surface area contributed by atoms with E-state index in [1.165, 1.54) is 0 Å². The lowest BCUT2D eigenvalue weighted by atomic mass is 10.1. The first-order chi connectivity index (χ1) is 9.79. The van der Waals surface area contributed by atoms with Crippen LogP contribution in [0, 0.1) is 0 Å². The summed E-state index contributed by atoms with van der Waals surface area (Å²) in [5.74, 6) is -0.465. The molecule has 3 rings (SSSR count). The minimum Gasteiger partial charge on any atom is -0.303 e. The Bertz CT molecular complexity index is 750. The van der Waals surface area contributed by atoms with Crippen LogP contribution in [0.5, 0.6) is 0 Å². The number of fused-ring (bicyclic) bond motifs is 1. The van der Waals surface area contributed by atoms with Crippen LogP contribution in [0.2, 0.25) is 0 Å². The van der Waals surface area contributed by atoms with E-state index < -0.39 is 5.91 Å². The maximum atomic E-state index is 11.5. The SMILES string of the molecule is O=C(Cc1c(-c2ccccc2)nc2ccccn12)NO. The molecule has 2 N–H and O–H groups in total. The van der Waals surface area contributed by atoms with Crippen LogP contribution in [0.3, 0.4) is 0 Å². The Labute approximate surface area is 115 Å². The molecule has 5 nitrogen and oxygen atoms in total. The molecular formula is C15H13N3O2. The normalized spacial score (nSPS) is 10.7. The van der Waals surface area contributed by atoms with Crippen molar-refractivity contribution in [1.29, 1.82) is 0 Å². The number of hydroxylamine groups is 1. The van der Waals surface area contributed by atoms with Gasteiger partial charge in [0.15, 0.2) is 0 Å². The summed E-state index contributed by atoms with van der Waals surface area (Å²) in [6, 6.07) is 15.3. The van der Waals surface area contributed by atoms with Gasteiger partial charge in [-0.1, -0.05) is 36.4 Å². The van der Waals surface area contributed by atoms with Crippen LogP contribution in [-0.2, 0) is 11.2 Å². The molecule has 3 aromatic rings. The largest absolute Gasteiger partial charge is 0.303 e. The molecule has 5 heteroatoms. The third-order valence-electron chi connectivity index (χ3n) is 3.13. The van der Waals surface area contributed by atoms with E-state index in [0.29, 0.717) is 0 Å². The van der Waals surface area contributed by atoms with E-state index in [2.05, 4.69) is 4.98 Å². The summed E-state index contributed by atoms with van der Waals surface area (Å²) in [4.78, 5) is 16.1. The second-order valence-corrected chi connectivity index (χ2v) is 4.41. The molecule has 2 heterocycles. The van der Waals surface area contributed by atoms with Crippen LogP contribution in [0.15, 0.2) is 54.7 Å². The number of hydrogen-bond acceptors (Lipinski definition) is 3. The van der Waals surface area contributed by atoms with E-state index in [0.717, 1.165) is 22.6 Å². The number of hydrogen-bond donors (Lipinski definition) is 2. The summed E-state index contributed by atoms with van der Waals surface area (Å²) < 4.78 is 1.86. The highest BCUT2D eigenvalue weighted by molar-refractivity contribution is 5.80. The zero-order valence-corrected chi connectivity index (χ0v) is 10.7. The number of imidazole rings is 1. The second-order valence-electron chi connectivity index (χ2n) is 4.41. The third-order valence-corrected chi connectivity index (χ3v) is 3.13. The van der Waals surface area contributed by atoms with E-state index in [-0.39, 0.29) is 6.42 Å². The lowest BCUT2D eigenvalue weighted by molar-refractivity contribution is -0.128. The van der Waals surface area contributed by atoms with Crippen molar-refractivity contribution in [3.8, 4) is 11.3 Å². The first kappa shape index (κ1) is 12.4. The summed E-state index contributed by atoms with van der Waals surface area (Å²) >= 11 is 0. The molecule has 0 aliphatic rings. The Morgan fingerprint density at radius 1 is 1.15 bits per heavy atom. The molecule has 1 amide bonds. The number of aromatic nitrogens is 2. The first-order valence-corrected chi connectivity index (χ1v) is 6.24. The zero-order valence-electron chi connectivity index (χ0n) is 10.7. The topological polar surface area (TPSA) is 66.6 Å². The van der Waals surface area contributed by atoms with Crippen molar-refractivity contribution in [3.63, 3.8) is 0 Å². The summed E-state index contributed by atoms with van der Waals surface area (Å²) in [7, 11) is 0. The quantitative estimate of drug-likeness (QED) is 0.564. The highest BCUT2D eigenvalue weighted by Gasteiger charge is 2.16. The van der Waals surface area contributed by atoms with Gasteiger partial charge in [0.1, 0.15) is 5.65 Å². The Morgan fingerprint density at radius 2 is 1.90 bits per heavy atom. The van der Waals surface area contributed by atoms with Crippen LogP contribution in [0.4, 0.5) is 0 Å². The van der Waals surface area contributed by atoms with Gasteiger partial charge in [0, 0.05) is 11.8 Å². The second kappa shape index (κ2) is 5.14. The first-order valence-electron chi connectivity index (χ1n) is 6.24.